The van der Waals surface area contributed by atoms with Gasteiger partial charge in [-0.2, -0.15) is 0 Å². The van der Waals surface area contributed by atoms with E-state index in [0.717, 1.165) is 31.6 Å². The van der Waals surface area contributed by atoms with Crippen molar-refractivity contribution >= 4 is 11.8 Å². The maximum atomic E-state index is 11.2. The highest BCUT2D eigenvalue weighted by Crippen LogP contribution is 2.50. The number of hydrogen-bond acceptors (Lipinski definition) is 3. The van der Waals surface area contributed by atoms with E-state index in [0.29, 0.717) is 24.2 Å². The van der Waals surface area contributed by atoms with Crippen molar-refractivity contribution < 1.29 is 19.8 Å². The Kier molecular flexibility index (Phi) is 6.68. The fourth-order valence-electron chi connectivity index (χ4n) is 5.29. The molecule has 3 aliphatic carbocycles. The van der Waals surface area contributed by atoms with E-state index >= 15 is 0 Å². The molecule has 3 fully saturated rings. The van der Waals surface area contributed by atoms with Crippen LogP contribution in [0.4, 0.5) is 0 Å². The monoisotopic (exact) mass is 360 g/mol. The van der Waals surface area contributed by atoms with Gasteiger partial charge < -0.3 is 10.2 Å². The molecule has 0 spiro atoms. The normalized spacial score (nSPS) is 32.2. The van der Waals surface area contributed by atoms with Crippen LogP contribution in [0.2, 0.25) is 0 Å². The number of aliphatic hydroxyl groups is 1. The minimum absolute atomic E-state index is 0.102. The summed E-state index contributed by atoms with van der Waals surface area (Å²) in [4.78, 5) is 21.8. The number of fused-ring (bicyclic) bond motifs is 1. The van der Waals surface area contributed by atoms with Crippen molar-refractivity contribution in [2.75, 3.05) is 0 Å². The van der Waals surface area contributed by atoms with Gasteiger partial charge in [-0.05, 0) is 68.6 Å². The van der Waals surface area contributed by atoms with Crippen molar-refractivity contribution in [3.63, 3.8) is 0 Å². The topological polar surface area (TPSA) is 74.6 Å². The fraction of sp³-hybridized carbons (Fsp3) is 0.727. The Bertz CT molecular complexity index is 571. The van der Waals surface area contributed by atoms with Crippen molar-refractivity contribution in [1.82, 2.24) is 0 Å². The minimum atomic E-state index is -1.33. The third-order valence-electron chi connectivity index (χ3n) is 6.78. The number of allylic oxidation sites excluding steroid dienone is 3. The van der Waals surface area contributed by atoms with E-state index in [2.05, 4.69) is 18.2 Å². The van der Waals surface area contributed by atoms with Crippen LogP contribution in [-0.4, -0.2) is 28.1 Å². The molecule has 4 nitrogen and oxygen atoms in total. The summed E-state index contributed by atoms with van der Waals surface area (Å²) < 4.78 is 0. The smallest absolute Gasteiger partial charge is 0.372 e. The summed E-state index contributed by atoms with van der Waals surface area (Å²) in [6, 6.07) is 0. The molecule has 0 aliphatic heterocycles. The van der Waals surface area contributed by atoms with Gasteiger partial charge in [0.15, 0.2) is 0 Å². The molecule has 144 valence electrons. The second-order valence-electron chi connectivity index (χ2n) is 8.48. The summed E-state index contributed by atoms with van der Waals surface area (Å²) in [5.74, 6) is 0.364. The Hall–Kier alpha value is -1.42. The van der Waals surface area contributed by atoms with Crippen molar-refractivity contribution in [1.29, 1.82) is 0 Å². The van der Waals surface area contributed by atoms with Crippen LogP contribution in [-0.2, 0) is 9.59 Å². The molecule has 2 N–H and O–H groups in total. The lowest BCUT2D eigenvalue weighted by atomic mass is 9.84. The SMILES string of the molecule is O=C(O)C(=O)CC/C=C1\C[C@@H]2CC[C@H](/C=C/[C@H](O)C3CCCCC3)[C@H]2C1. The van der Waals surface area contributed by atoms with Crippen molar-refractivity contribution in [2.45, 2.75) is 76.7 Å². The molecule has 0 aromatic heterocycles. The van der Waals surface area contributed by atoms with Gasteiger partial charge in [-0.15, -0.1) is 0 Å². The standard InChI is InChI=1S/C22H32O4/c23-20(17-6-2-1-3-7-17)12-11-16-9-10-18-13-15(14-19(16)18)5-4-8-21(24)22(25)26/h5,11-12,16-20,23H,1-4,6-10,13-14H2,(H,25,26)/b12-11+,15-5+/t16-,18+,19-,20+/m1/s1. The van der Waals surface area contributed by atoms with Gasteiger partial charge in [-0.25, -0.2) is 4.79 Å². The molecule has 26 heavy (non-hydrogen) atoms. The number of carboxylic acid groups (broad SMARTS) is 1. The van der Waals surface area contributed by atoms with E-state index in [1.165, 1.54) is 37.7 Å². The largest absolute Gasteiger partial charge is 0.476 e. The Morgan fingerprint density at radius 3 is 2.58 bits per heavy atom. The highest BCUT2D eigenvalue weighted by molar-refractivity contribution is 6.32. The van der Waals surface area contributed by atoms with E-state index in [9.17, 15) is 14.7 Å². The molecule has 0 radical (unpaired) electrons. The molecule has 3 saturated carbocycles. The van der Waals surface area contributed by atoms with E-state index in [1.54, 1.807) is 0 Å². The lowest BCUT2D eigenvalue weighted by molar-refractivity contribution is -0.149. The third kappa shape index (κ3) is 4.85. The lowest BCUT2D eigenvalue weighted by Gasteiger charge is -2.25. The summed E-state index contributed by atoms with van der Waals surface area (Å²) in [5.41, 5.74) is 1.39. The van der Waals surface area contributed by atoms with Crippen LogP contribution in [0.5, 0.6) is 0 Å². The molecule has 0 unspecified atom stereocenters. The number of ketones is 1. The average molecular weight is 360 g/mol. The number of aliphatic carboxylic acids is 1. The number of rotatable bonds is 7. The van der Waals surface area contributed by atoms with Gasteiger partial charge in [0.1, 0.15) is 0 Å². The van der Waals surface area contributed by atoms with Crippen LogP contribution in [0, 0.1) is 23.7 Å². The fourth-order valence-corrected chi connectivity index (χ4v) is 5.29. The van der Waals surface area contributed by atoms with Crippen molar-refractivity contribution in [3.8, 4) is 0 Å². The molecular formula is C22H32O4. The Labute approximate surface area is 156 Å². The number of carboxylic acids is 1. The predicted molar refractivity (Wildman–Crippen MR) is 101 cm³/mol. The zero-order chi connectivity index (χ0) is 18.5. The average Bonchev–Trinajstić information content (AvgIpc) is 3.20. The van der Waals surface area contributed by atoms with Gasteiger partial charge in [0.25, 0.3) is 0 Å². The molecule has 4 heteroatoms. The Morgan fingerprint density at radius 1 is 1.08 bits per heavy atom. The molecule has 0 heterocycles. The molecule has 0 amide bonds. The van der Waals surface area contributed by atoms with E-state index in [4.69, 9.17) is 5.11 Å². The summed E-state index contributed by atoms with van der Waals surface area (Å²) >= 11 is 0. The predicted octanol–water partition coefficient (Wildman–Crippen LogP) is 4.28. The van der Waals surface area contributed by atoms with Gasteiger partial charge in [0.05, 0.1) is 6.10 Å². The van der Waals surface area contributed by atoms with Gasteiger partial charge in [0.2, 0.25) is 5.78 Å². The van der Waals surface area contributed by atoms with Gasteiger partial charge >= 0.3 is 5.97 Å². The van der Waals surface area contributed by atoms with E-state index in [-0.39, 0.29) is 12.5 Å². The second-order valence-corrected chi connectivity index (χ2v) is 8.48. The number of aliphatic hydroxyl groups excluding tert-OH is 1. The molecule has 0 aromatic rings. The van der Waals surface area contributed by atoms with E-state index < -0.39 is 11.8 Å². The first-order valence-electron chi connectivity index (χ1n) is 10.3. The summed E-state index contributed by atoms with van der Waals surface area (Å²) in [5, 5.41) is 19.1. The summed E-state index contributed by atoms with van der Waals surface area (Å²) in [6.45, 7) is 0. The van der Waals surface area contributed by atoms with Crippen molar-refractivity contribution in [3.05, 3.63) is 23.8 Å². The van der Waals surface area contributed by atoms with Crippen LogP contribution < -0.4 is 0 Å². The minimum Gasteiger partial charge on any atom is -0.476 e. The highest BCUT2D eigenvalue weighted by Gasteiger charge is 2.39. The Morgan fingerprint density at radius 2 is 1.85 bits per heavy atom. The second kappa shape index (κ2) is 8.98. The maximum absolute atomic E-state index is 11.2. The third-order valence-corrected chi connectivity index (χ3v) is 6.78. The maximum Gasteiger partial charge on any atom is 0.372 e. The van der Waals surface area contributed by atoms with Crippen LogP contribution in [0.1, 0.15) is 70.6 Å². The number of hydrogen-bond donors (Lipinski definition) is 2. The molecule has 3 rings (SSSR count). The number of Topliss-reactive ketones (excluding diaryl/α,β-unsaturated/α-hetero) is 1. The molecular weight excluding hydrogens is 328 g/mol. The van der Waals surface area contributed by atoms with Crippen LogP contribution in [0.15, 0.2) is 23.8 Å². The van der Waals surface area contributed by atoms with Crippen LogP contribution >= 0.6 is 0 Å². The molecule has 0 bridgehead atoms. The Balaban J connectivity index is 1.49. The first-order chi connectivity index (χ1) is 12.5. The quantitative estimate of drug-likeness (QED) is 0.525. The zero-order valence-corrected chi connectivity index (χ0v) is 15.6. The van der Waals surface area contributed by atoms with Crippen LogP contribution in [0.25, 0.3) is 0 Å². The van der Waals surface area contributed by atoms with E-state index in [1.807, 2.05) is 0 Å². The molecule has 0 saturated heterocycles. The number of carbonyl (C=O) groups is 2. The lowest BCUT2D eigenvalue weighted by Crippen LogP contribution is -2.21. The van der Waals surface area contributed by atoms with Gasteiger partial charge in [-0.3, -0.25) is 4.79 Å². The zero-order valence-electron chi connectivity index (χ0n) is 15.6. The first kappa shape index (κ1) is 19.3. The summed E-state index contributed by atoms with van der Waals surface area (Å²) in [7, 11) is 0. The molecule has 0 aromatic carbocycles. The molecule has 3 aliphatic rings. The highest BCUT2D eigenvalue weighted by atomic mass is 16.4. The van der Waals surface area contributed by atoms with Gasteiger partial charge in [-0.1, -0.05) is 43.1 Å². The van der Waals surface area contributed by atoms with Crippen LogP contribution in [0.3, 0.4) is 0 Å². The van der Waals surface area contributed by atoms with Gasteiger partial charge in [0, 0.05) is 6.42 Å². The molecule has 4 atom stereocenters. The van der Waals surface area contributed by atoms with Crippen molar-refractivity contribution in [2.24, 2.45) is 23.7 Å². The first-order valence-corrected chi connectivity index (χ1v) is 10.3. The number of carbonyl (C=O) groups excluding carboxylic acids is 1. The summed E-state index contributed by atoms with van der Waals surface area (Å²) in [6.07, 6.45) is 17.6.